The summed E-state index contributed by atoms with van der Waals surface area (Å²) in [7, 11) is 0. The van der Waals surface area contributed by atoms with E-state index in [0.29, 0.717) is 62.0 Å². The largest absolute Gasteiger partial charge is 0.504 e. The molecule has 4 aromatic rings. The van der Waals surface area contributed by atoms with Crippen molar-refractivity contribution in [2.24, 2.45) is 0 Å². The number of ether oxygens (including phenoxy) is 1. The highest BCUT2D eigenvalue weighted by Crippen LogP contribution is 2.67. The molecular weight excluding hydrogens is 645 g/mol. The molecule has 0 unspecified atom stereocenters. The van der Waals surface area contributed by atoms with Crippen LogP contribution in [0.5, 0.6) is 5.75 Å². The Morgan fingerprint density at radius 3 is 2.50 bits per heavy atom. The van der Waals surface area contributed by atoms with E-state index in [-0.39, 0.29) is 65.1 Å². The fourth-order valence-corrected chi connectivity index (χ4v) is 8.21. The lowest BCUT2D eigenvalue weighted by Gasteiger charge is -2.71. The van der Waals surface area contributed by atoms with Crippen molar-refractivity contribution in [3.63, 3.8) is 0 Å². The second-order valence-corrected chi connectivity index (χ2v) is 13.8. The van der Waals surface area contributed by atoms with Gasteiger partial charge in [-0.3, -0.25) is 14.4 Å². The van der Waals surface area contributed by atoms with Crippen LogP contribution in [0.3, 0.4) is 0 Å². The average molecular weight is 684 g/mol. The monoisotopic (exact) mass is 683 g/mol. The zero-order chi connectivity index (χ0) is 34.8. The average Bonchev–Trinajstić information content (AvgIpc) is 3.55. The van der Waals surface area contributed by atoms with Gasteiger partial charge in [0.25, 0.3) is 11.5 Å². The van der Waals surface area contributed by atoms with Gasteiger partial charge in [-0.2, -0.15) is 9.50 Å². The second kappa shape index (κ2) is 12.0. The molecule has 5 heterocycles. The number of hydrogen-bond donors (Lipinski definition) is 2. The molecular formula is C35H38FN9O5. The minimum absolute atomic E-state index is 0.0265. The van der Waals surface area contributed by atoms with E-state index < -0.39 is 5.91 Å². The summed E-state index contributed by atoms with van der Waals surface area (Å²) >= 11 is 0. The van der Waals surface area contributed by atoms with Gasteiger partial charge in [0.2, 0.25) is 11.7 Å². The summed E-state index contributed by atoms with van der Waals surface area (Å²) in [4.78, 5) is 57.6. The Morgan fingerprint density at radius 2 is 1.82 bits per heavy atom. The van der Waals surface area contributed by atoms with Crippen molar-refractivity contribution in [1.29, 1.82) is 0 Å². The van der Waals surface area contributed by atoms with Gasteiger partial charge in [0.05, 0.1) is 24.6 Å². The topological polar surface area (TPSA) is 160 Å². The van der Waals surface area contributed by atoms with Crippen LogP contribution in [0.4, 0.5) is 10.1 Å². The number of fused-ring (bicyclic) bond motifs is 1. The summed E-state index contributed by atoms with van der Waals surface area (Å²) in [6, 6.07) is 6.63. The quantitative estimate of drug-likeness (QED) is 0.282. The number of benzene rings is 1. The molecule has 15 heteroatoms. The lowest BCUT2D eigenvalue weighted by Crippen LogP contribution is -2.76. The van der Waals surface area contributed by atoms with Crippen molar-refractivity contribution in [3.05, 3.63) is 81.3 Å². The van der Waals surface area contributed by atoms with E-state index in [1.54, 1.807) is 16.4 Å². The molecule has 0 spiro atoms. The molecule has 4 fully saturated rings. The Kier molecular flexibility index (Phi) is 7.69. The van der Waals surface area contributed by atoms with Crippen LogP contribution in [-0.4, -0.2) is 95.9 Å². The lowest BCUT2D eigenvalue weighted by atomic mass is 9.37. The third-order valence-electron chi connectivity index (χ3n) is 10.7. The minimum atomic E-state index is -0.409. The number of aryl methyl sites for hydroxylation is 1. The predicted octanol–water partition coefficient (Wildman–Crippen LogP) is 2.15. The van der Waals surface area contributed by atoms with E-state index in [0.717, 1.165) is 30.4 Å². The van der Waals surface area contributed by atoms with Gasteiger partial charge in [-0.25, -0.2) is 14.4 Å². The number of carbonyl (C=O) groups is 2. The fourth-order valence-electron chi connectivity index (χ4n) is 8.21. The molecule has 2 N–H and O–H groups in total. The summed E-state index contributed by atoms with van der Waals surface area (Å²) in [5.74, 6) is -0.389. The highest BCUT2D eigenvalue weighted by Gasteiger charge is 2.68. The molecule has 0 atom stereocenters. The highest BCUT2D eigenvalue weighted by atomic mass is 19.1. The second-order valence-electron chi connectivity index (χ2n) is 13.8. The number of aromatic hydroxyl groups is 1. The molecule has 1 aromatic carbocycles. The molecule has 5 aliphatic rings. The summed E-state index contributed by atoms with van der Waals surface area (Å²) in [5, 5.41) is 18.3. The zero-order valence-electron chi connectivity index (χ0n) is 28.0. The Morgan fingerprint density at radius 1 is 1.08 bits per heavy atom. The van der Waals surface area contributed by atoms with E-state index >= 15 is 0 Å². The summed E-state index contributed by atoms with van der Waals surface area (Å²) in [6.45, 7) is 5.70. The lowest BCUT2D eigenvalue weighted by molar-refractivity contribution is -0.138. The van der Waals surface area contributed by atoms with Gasteiger partial charge in [0.15, 0.2) is 17.3 Å². The fraction of sp³-hybridized carbons (Fsp3) is 0.457. The van der Waals surface area contributed by atoms with Crippen LogP contribution < -0.4 is 15.8 Å². The van der Waals surface area contributed by atoms with Crippen molar-refractivity contribution < 1.29 is 23.8 Å². The zero-order valence-corrected chi connectivity index (χ0v) is 28.0. The van der Waals surface area contributed by atoms with Crippen molar-refractivity contribution >= 4 is 28.9 Å². The number of aromatic nitrogens is 6. The number of nitrogens with one attached hydrogen (secondary N) is 1. The number of rotatable bonds is 8. The number of hydrogen-bond acceptors (Lipinski definition) is 10. The van der Waals surface area contributed by atoms with Gasteiger partial charge in [0.1, 0.15) is 24.4 Å². The van der Waals surface area contributed by atoms with Crippen LogP contribution in [0.2, 0.25) is 0 Å². The maximum absolute atomic E-state index is 14.2. The third kappa shape index (κ3) is 5.22. The molecule has 2 bridgehead atoms. The van der Waals surface area contributed by atoms with Gasteiger partial charge >= 0.3 is 0 Å². The molecule has 50 heavy (non-hydrogen) atoms. The van der Waals surface area contributed by atoms with Crippen molar-refractivity contribution in [2.75, 3.05) is 44.3 Å². The molecule has 3 saturated carbocycles. The van der Waals surface area contributed by atoms with Gasteiger partial charge in [-0.15, -0.1) is 5.10 Å². The Hall–Kier alpha value is -5.18. The molecule has 9 rings (SSSR count). The molecule has 2 aliphatic heterocycles. The summed E-state index contributed by atoms with van der Waals surface area (Å²) in [6.07, 6.45) is 6.60. The van der Waals surface area contributed by atoms with Crippen molar-refractivity contribution in [3.8, 4) is 5.75 Å². The van der Waals surface area contributed by atoms with Crippen molar-refractivity contribution in [2.45, 2.75) is 63.5 Å². The van der Waals surface area contributed by atoms with Gasteiger partial charge in [0, 0.05) is 37.1 Å². The van der Waals surface area contributed by atoms with Crippen LogP contribution in [0.15, 0.2) is 41.5 Å². The Labute approximate surface area is 286 Å². The first-order valence-corrected chi connectivity index (χ1v) is 17.0. The van der Waals surface area contributed by atoms with Gasteiger partial charge in [-0.1, -0.05) is 25.1 Å². The van der Waals surface area contributed by atoms with Crippen LogP contribution in [0, 0.1) is 12.7 Å². The Bertz CT molecular complexity index is 2100. The first-order chi connectivity index (χ1) is 24.1. The summed E-state index contributed by atoms with van der Waals surface area (Å²) < 4.78 is 22.1. The molecule has 260 valence electrons. The smallest absolute Gasteiger partial charge is 0.299 e. The van der Waals surface area contributed by atoms with Crippen LogP contribution in [-0.2, 0) is 27.9 Å². The number of piperazine rings is 1. The van der Waals surface area contributed by atoms with Crippen molar-refractivity contribution in [1.82, 2.24) is 39.3 Å². The van der Waals surface area contributed by atoms with E-state index in [4.69, 9.17) is 9.72 Å². The normalized spacial score (nSPS) is 22.9. The SMILES string of the molecule is CCc1c(N2CCN(C(=O)c3ncnc(C)c3O)CC2)c(=O)n2nc(C3=CCOCC3)nc2n1CC(=O)NC12CC(c3ccc(F)cc3)(C1)C2. The van der Waals surface area contributed by atoms with Crippen LogP contribution in [0.1, 0.15) is 65.9 Å². The van der Waals surface area contributed by atoms with E-state index in [2.05, 4.69) is 20.4 Å². The molecule has 2 amide bonds. The number of carbonyl (C=O) groups excluding carboxylic acids is 2. The predicted molar refractivity (Wildman–Crippen MR) is 179 cm³/mol. The van der Waals surface area contributed by atoms with Crippen LogP contribution in [0.25, 0.3) is 11.4 Å². The third-order valence-corrected chi connectivity index (χ3v) is 10.7. The van der Waals surface area contributed by atoms with Gasteiger partial charge < -0.3 is 29.5 Å². The van der Waals surface area contributed by atoms with Gasteiger partial charge in [-0.05, 0) is 62.3 Å². The molecule has 14 nitrogen and oxygen atoms in total. The maximum atomic E-state index is 14.2. The molecule has 3 aliphatic carbocycles. The molecule has 3 aromatic heterocycles. The molecule has 0 radical (unpaired) electrons. The first-order valence-electron chi connectivity index (χ1n) is 17.0. The van der Waals surface area contributed by atoms with E-state index in [9.17, 15) is 23.9 Å². The first kappa shape index (κ1) is 32.0. The van der Waals surface area contributed by atoms with E-state index in [1.807, 2.05) is 30.0 Å². The number of anilines is 1. The number of halogens is 1. The standard InChI is InChI=1S/C35H38FN9O5/c1-3-25-28(42-10-12-43(13-11-42)31(48)27-29(47)21(2)37-20-38-27)32(49)45-33(39-30(41-45)22-8-14-50-15-9-22)44(25)16-26(46)40-35-17-34(18-35,19-35)23-4-6-24(36)7-5-23/h4-8,20,47H,3,9-19H2,1-2H3,(H,40,46). The Balaban J connectivity index is 1.08. The maximum Gasteiger partial charge on any atom is 0.299 e. The highest BCUT2D eigenvalue weighted by molar-refractivity contribution is 5.95. The summed E-state index contributed by atoms with van der Waals surface area (Å²) in [5.41, 5.74) is 2.63. The number of amides is 2. The number of nitrogens with zero attached hydrogens (tertiary/aromatic N) is 8. The minimum Gasteiger partial charge on any atom is -0.504 e. The van der Waals surface area contributed by atoms with Crippen LogP contribution >= 0.6 is 0 Å². The molecule has 1 saturated heterocycles. The van der Waals surface area contributed by atoms with E-state index in [1.165, 1.54) is 23.0 Å².